The van der Waals surface area contributed by atoms with Crippen molar-refractivity contribution in [2.24, 2.45) is 0 Å². The van der Waals surface area contributed by atoms with E-state index >= 15 is 0 Å². The highest BCUT2D eigenvalue weighted by atomic mass is 16.5. The van der Waals surface area contributed by atoms with Crippen molar-refractivity contribution >= 4 is 5.97 Å². The Bertz CT molecular complexity index is 448. The Balaban J connectivity index is 3.38. The van der Waals surface area contributed by atoms with E-state index in [4.69, 9.17) is 19.8 Å². The van der Waals surface area contributed by atoms with Crippen molar-refractivity contribution < 1.29 is 19.4 Å². The normalized spacial score (nSPS) is 9.31. The Kier molecular flexibility index (Phi) is 3.72. The van der Waals surface area contributed by atoms with Gasteiger partial charge >= 0.3 is 5.97 Å². The van der Waals surface area contributed by atoms with Gasteiger partial charge in [0.1, 0.15) is 5.56 Å². The molecule has 0 saturated heterocycles. The van der Waals surface area contributed by atoms with Crippen molar-refractivity contribution in [2.75, 3.05) is 14.2 Å². The highest BCUT2D eigenvalue weighted by Gasteiger charge is 2.17. The number of hydrogen-bond acceptors (Lipinski definition) is 4. The quantitative estimate of drug-likeness (QED) is 0.832. The Hall–Kier alpha value is -2.22. The van der Waals surface area contributed by atoms with Gasteiger partial charge in [0.2, 0.25) is 0 Å². The third kappa shape index (κ3) is 2.23. The zero-order valence-electron chi connectivity index (χ0n) is 8.98. The van der Waals surface area contributed by atoms with Crippen LogP contribution >= 0.6 is 0 Å². The van der Waals surface area contributed by atoms with Crippen LogP contribution in [0.4, 0.5) is 0 Å². The molecule has 16 heavy (non-hydrogen) atoms. The number of nitriles is 1. The van der Waals surface area contributed by atoms with E-state index in [0.717, 1.165) is 0 Å². The molecule has 0 aromatic heterocycles. The number of ether oxygens (including phenoxy) is 2. The van der Waals surface area contributed by atoms with Crippen molar-refractivity contribution in [1.82, 2.24) is 0 Å². The number of benzene rings is 1. The molecule has 5 heteroatoms. The van der Waals surface area contributed by atoms with Crippen molar-refractivity contribution in [3.8, 4) is 17.6 Å². The average molecular weight is 221 g/mol. The smallest absolute Gasteiger partial charge is 0.339 e. The van der Waals surface area contributed by atoms with Gasteiger partial charge in [-0.1, -0.05) is 0 Å². The summed E-state index contributed by atoms with van der Waals surface area (Å²) in [5, 5.41) is 17.6. The molecule has 0 atom stereocenters. The fourth-order valence-electron chi connectivity index (χ4n) is 1.37. The summed E-state index contributed by atoms with van der Waals surface area (Å²) in [5.41, 5.74) is 0.574. The van der Waals surface area contributed by atoms with Crippen LogP contribution in [0, 0.1) is 11.3 Å². The molecule has 84 valence electrons. The molecule has 0 aliphatic rings. The molecule has 0 fully saturated rings. The fourth-order valence-corrected chi connectivity index (χ4v) is 1.37. The van der Waals surface area contributed by atoms with Crippen LogP contribution < -0.4 is 9.47 Å². The minimum absolute atomic E-state index is 0.00731. The molecule has 0 radical (unpaired) electrons. The molecule has 0 heterocycles. The summed E-state index contributed by atoms with van der Waals surface area (Å²) in [5.74, 6) is -0.640. The Morgan fingerprint density at radius 3 is 2.56 bits per heavy atom. The van der Waals surface area contributed by atoms with Gasteiger partial charge in [0.05, 0.1) is 26.7 Å². The van der Waals surface area contributed by atoms with Crippen LogP contribution in [0.25, 0.3) is 0 Å². The molecule has 0 unspecified atom stereocenters. The van der Waals surface area contributed by atoms with E-state index in [2.05, 4.69) is 0 Å². The lowest BCUT2D eigenvalue weighted by atomic mass is 10.1. The van der Waals surface area contributed by atoms with Crippen molar-refractivity contribution in [1.29, 1.82) is 5.26 Å². The number of hydrogen-bond donors (Lipinski definition) is 1. The van der Waals surface area contributed by atoms with Crippen molar-refractivity contribution in [3.05, 3.63) is 23.3 Å². The molecule has 0 bridgehead atoms. The van der Waals surface area contributed by atoms with E-state index in [1.807, 2.05) is 6.07 Å². The molecule has 0 spiro atoms. The molecule has 1 N–H and O–H groups in total. The number of methoxy groups -OCH3 is 2. The lowest BCUT2D eigenvalue weighted by Gasteiger charge is -2.11. The van der Waals surface area contributed by atoms with E-state index in [1.165, 1.54) is 20.3 Å². The third-order valence-corrected chi connectivity index (χ3v) is 2.05. The number of carboxylic acids is 1. The number of rotatable bonds is 4. The highest BCUT2D eigenvalue weighted by Crippen LogP contribution is 2.32. The van der Waals surface area contributed by atoms with Crippen LogP contribution in [0.5, 0.6) is 11.5 Å². The minimum Gasteiger partial charge on any atom is -0.493 e. The summed E-state index contributed by atoms with van der Waals surface area (Å²) in [6, 6.07) is 4.95. The molecule has 1 aromatic rings. The number of carboxylic acid groups (broad SMARTS) is 1. The second kappa shape index (κ2) is 5.03. The Morgan fingerprint density at radius 1 is 1.44 bits per heavy atom. The van der Waals surface area contributed by atoms with Gasteiger partial charge in [-0.2, -0.15) is 5.26 Å². The molecule has 0 aliphatic carbocycles. The Labute approximate surface area is 92.8 Å². The number of aromatic carboxylic acids is 1. The first kappa shape index (κ1) is 11.9. The summed E-state index contributed by atoms with van der Waals surface area (Å²) in [7, 11) is 2.79. The van der Waals surface area contributed by atoms with Crippen LogP contribution in [0.1, 0.15) is 15.9 Å². The maximum absolute atomic E-state index is 11.0. The van der Waals surface area contributed by atoms with E-state index in [0.29, 0.717) is 11.3 Å². The summed E-state index contributed by atoms with van der Waals surface area (Å²) < 4.78 is 9.99. The van der Waals surface area contributed by atoms with Gasteiger partial charge in [-0.25, -0.2) is 4.79 Å². The maximum Gasteiger partial charge on any atom is 0.339 e. The first-order chi connectivity index (χ1) is 7.63. The molecule has 0 amide bonds. The zero-order valence-corrected chi connectivity index (χ0v) is 8.98. The molecular weight excluding hydrogens is 210 g/mol. The van der Waals surface area contributed by atoms with E-state index in [-0.39, 0.29) is 17.7 Å². The maximum atomic E-state index is 11.0. The zero-order chi connectivity index (χ0) is 12.1. The summed E-state index contributed by atoms with van der Waals surface area (Å²) in [6.45, 7) is 0. The standard InChI is InChI=1S/C11H11NO4/c1-15-9-6-7(3-4-12)5-8(11(13)14)10(9)16-2/h5-6H,3H2,1-2H3,(H,13,14). The molecule has 1 rings (SSSR count). The number of carbonyl (C=O) groups is 1. The lowest BCUT2D eigenvalue weighted by Crippen LogP contribution is -2.04. The van der Waals surface area contributed by atoms with Crippen LogP contribution in [0.3, 0.4) is 0 Å². The summed E-state index contributed by atoms with van der Waals surface area (Å²) >= 11 is 0. The molecule has 0 saturated carbocycles. The van der Waals surface area contributed by atoms with E-state index < -0.39 is 5.97 Å². The van der Waals surface area contributed by atoms with Crippen molar-refractivity contribution in [2.45, 2.75) is 6.42 Å². The second-order valence-corrected chi connectivity index (χ2v) is 3.02. The van der Waals surface area contributed by atoms with Gasteiger partial charge in [-0.15, -0.1) is 0 Å². The van der Waals surface area contributed by atoms with Crippen LogP contribution in [0.15, 0.2) is 12.1 Å². The minimum atomic E-state index is -1.12. The van der Waals surface area contributed by atoms with Gasteiger partial charge in [0, 0.05) is 0 Å². The molecule has 5 nitrogen and oxygen atoms in total. The highest BCUT2D eigenvalue weighted by molar-refractivity contribution is 5.92. The molecule has 1 aromatic carbocycles. The first-order valence-corrected chi connectivity index (χ1v) is 4.49. The van der Waals surface area contributed by atoms with Gasteiger partial charge in [-0.3, -0.25) is 0 Å². The van der Waals surface area contributed by atoms with Crippen LogP contribution in [0.2, 0.25) is 0 Å². The van der Waals surface area contributed by atoms with Crippen molar-refractivity contribution in [3.63, 3.8) is 0 Å². The average Bonchev–Trinajstić information content (AvgIpc) is 2.28. The van der Waals surface area contributed by atoms with Crippen LogP contribution in [-0.4, -0.2) is 25.3 Å². The SMILES string of the molecule is COc1cc(CC#N)cc(C(=O)O)c1OC. The van der Waals surface area contributed by atoms with Gasteiger partial charge in [0.15, 0.2) is 11.5 Å². The predicted octanol–water partition coefficient (Wildman–Crippen LogP) is 1.47. The van der Waals surface area contributed by atoms with E-state index in [1.54, 1.807) is 6.07 Å². The topological polar surface area (TPSA) is 79.5 Å². The molecule has 0 aliphatic heterocycles. The third-order valence-electron chi connectivity index (χ3n) is 2.05. The lowest BCUT2D eigenvalue weighted by molar-refractivity contribution is 0.0692. The van der Waals surface area contributed by atoms with Gasteiger partial charge in [0.25, 0.3) is 0 Å². The molecular formula is C11H11NO4. The summed E-state index contributed by atoms with van der Waals surface area (Å²) in [6.07, 6.45) is 0.126. The van der Waals surface area contributed by atoms with Gasteiger partial charge < -0.3 is 14.6 Å². The fraction of sp³-hybridized carbons (Fsp3) is 0.273. The monoisotopic (exact) mass is 221 g/mol. The second-order valence-electron chi connectivity index (χ2n) is 3.02. The number of nitrogens with zero attached hydrogens (tertiary/aromatic N) is 1. The van der Waals surface area contributed by atoms with Crippen LogP contribution in [-0.2, 0) is 6.42 Å². The predicted molar refractivity (Wildman–Crippen MR) is 55.8 cm³/mol. The first-order valence-electron chi connectivity index (χ1n) is 4.49. The van der Waals surface area contributed by atoms with Gasteiger partial charge in [-0.05, 0) is 17.7 Å². The van der Waals surface area contributed by atoms with E-state index in [9.17, 15) is 4.79 Å². The Morgan fingerprint density at radius 2 is 2.12 bits per heavy atom. The largest absolute Gasteiger partial charge is 0.493 e. The summed E-state index contributed by atoms with van der Waals surface area (Å²) in [4.78, 5) is 11.0.